The van der Waals surface area contributed by atoms with Crippen molar-refractivity contribution in [3.05, 3.63) is 23.5 Å². The minimum absolute atomic E-state index is 0.655. The molecule has 0 aliphatic heterocycles. The van der Waals surface area contributed by atoms with Crippen molar-refractivity contribution in [2.45, 2.75) is 6.42 Å². The lowest BCUT2D eigenvalue weighted by atomic mass is 10.5. The average molecular weight is 174 g/mol. The quantitative estimate of drug-likeness (QED) is 0.616. The maximum Gasteiger partial charge on any atom is 0.360 e. The van der Waals surface area contributed by atoms with Crippen molar-refractivity contribution in [2.24, 2.45) is 0 Å². The maximum atomic E-state index is 11.6. The van der Waals surface area contributed by atoms with Crippen molar-refractivity contribution < 1.29 is 13.6 Å². The van der Waals surface area contributed by atoms with Crippen molar-refractivity contribution in [1.29, 1.82) is 0 Å². The summed E-state index contributed by atoms with van der Waals surface area (Å²) in [7, 11) is -0.182. The molecule has 0 amide bonds. The smallest absolute Gasteiger partial charge is 0.309 e. The van der Waals surface area contributed by atoms with E-state index >= 15 is 0 Å². The summed E-state index contributed by atoms with van der Waals surface area (Å²) < 4.78 is 21.2. The molecule has 0 spiro atoms. The van der Waals surface area contributed by atoms with Crippen molar-refractivity contribution in [3.8, 4) is 0 Å². The third-order valence-electron chi connectivity index (χ3n) is 1.55. The van der Waals surface area contributed by atoms with Crippen molar-refractivity contribution in [2.75, 3.05) is 14.2 Å². The first-order chi connectivity index (χ1) is 5.23. The molecule has 62 valence electrons. The van der Waals surface area contributed by atoms with E-state index in [1.165, 1.54) is 14.2 Å². The van der Waals surface area contributed by atoms with Gasteiger partial charge in [0.2, 0.25) is 0 Å². The van der Waals surface area contributed by atoms with Crippen LogP contribution in [0.3, 0.4) is 0 Å². The molecular formula is C7H11O3P. The van der Waals surface area contributed by atoms with Crippen molar-refractivity contribution >= 4 is 7.60 Å². The predicted molar refractivity (Wildman–Crippen MR) is 43.5 cm³/mol. The Kier molecular flexibility index (Phi) is 2.66. The zero-order valence-electron chi connectivity index (χ0n) is 6.61. The van der Waals surface area contributed by atoms with Crippen molar-refractivity contribution in [3.63, 3.8) is 0 Å². The Hall–Kier alpha value is -0.370. The first-order valence-electron chi connectivity index (χ1n) is 3.32. The lowest BCUT2D eigenvalue weighted by Crippen LogP contribution is -1.88. The first kappa shape index (κ1) is 8.72. The summed E-state index contributed by atoms with van der Waals surface area (Å²) in [6.45, 7) is 0. The fraction of sp³-hybridized carbons (Fsp3) is 0.429. The van der Waals surface area contributed by atoms with E-state index in [-0.39, 0.29) is 0 Å². The molecule has 3 nitrogen and oxygen atoms in total. The Labute approximate surface area is 66.2 Å². The van der Waals surface area contributed by atoms with Gasteiger partial charge in [-0.25, -0.2) is 0 Å². The van der Waals surface area contributed by atoms with Gasteiger partial charge in [0, 0.05) is 14.2 Å². The molecule has 0 aromatic carbocycles. The van der Waals surface area contributed by atoms with Gasteiger partial charge in [-0.05, 0) is 6.42 Å². The fourth-order valence-electron chi connectivity index (χ4n) is 0.934. The third kappa shape index (κ3) is 1.62. The SMILES string of the molecule is COP(=O)(OC)C1=CCC=C1. The molecule has 4 heteroatoms. The molecular weight excluding hydrogens is 163 g/mol. The highest BCUT2D eigenvalue weighted by atomic mass is 31.2. The summed E-state index contributed by atoms with van der Waals surface area (Å²) in [5, 5.41) is 0.655. The fourth-order valence-corrected chi connectivity index (χ4v) is 2.12. The van der Waals surface area contributed by atoms with Gasteiger partial charge in [-0.2, -0.15) is 0 Å². The summed E-state index contributed by atoms with van der Waals surface area (Å²) in [5.41, 5.74) is 0. The zero-order chi connectivity index (χ0) is 8.32. The molecule has 0 radical (unpaired) electrons. The largest absolute Gasteiger partial charge is 0.360 e. The maximum absolute atomic E-state index is 11.6. The highest BCUT2D eigenvalue weighted by Gasteiger charge is 2.26. The van der Waals surface area contributed by atoms with Gasteiger partial charge in [0.1, 0.15) is 0 Å². The van der Waals surface area contributed by atoms with E-state index in [1.807, 2.05) is 12.2 Å². The summed E-state index contributed by atoms with van der Waals surface area (Å²) in [4.78, 5) is 0. The van der Waals surface area contributed by atoms with E-state index in [0.717, 1.165) is 6.42 Å². The van der Waals surface area contributed by atoms with Gasteiger partial charge in [0.05, 0.1) is 5.31 Å². The molecule has 0 aromatic heterocycles. The molecule has 1 aliphatic carbocycles. The van der Waals surface area contributed by atoms with Crippen LogP contribution in [-0.4, -0.2) is 14.2 Å². The summed E-state index contributed by atoms with van der Waals surface area (Å²) in [5.74, 6) is 0. The molecule has 0 heterocycles. The van der Waals surface area contributed by atoms with E-state index in [9.17, 15) is 4.57 Å². The molecule has 0 saturated heterocycles. The van der Waals surface area contributed by atoms with E-state index < -0.39 is 7.60 Å². The second-order valence-electron chi connectivity index (χ2n) is 2.13. The van der Waals surface area contributed by atoms with Crippen LogP contribution in [0.25, 0.3) is 0 Å². The molecule has 1 rings (SSSR count). The second-order valence-corrected chi connectivity index (χ2v) is 4.37. The normalized spacial score (nSPS) is 17.1. The highest BCUT2D eigenvalue weighted by Crippen LogP contribution is 2.56. The topological polar surface area (TPSA) is 35.5 Å². The number of allylic oxidation sites excluding steroid dienone is 4. The minimum atomic E-state index is -2.95. The highest BCUT2D eigenvalue weighted by molar-refractivity contribution is 7.58. The van der Waals surface area contributed by atoms with Crippen LogP contribution in [0.5, 0.6) is 0 Å². The molecule has 0 bridgehead atoms. The number of hydrogen-bond donors (Lipinski definition) is 0. The van der Waals surface area contributed by atoms with Crippen LogP contribution in [0.2, 0.25) is 0 Å². The lowest BCUT2D eigenvalue weighted by molar-refractivity contribution is 0.284. The zero-order valence-corrected chi connectivity index (χ0v) is 7.51. The van der Waals surface area contributed by atoms with E-state index in [1.54, 1.807) is 6.08 Å². The Morgan fingerprint density at radius 3 is 2.45 bits per heavy atom. The molecule has 0 aromatic rings. The van der Waals surface area contributed by atoms with Crippen molar-refractivity contribution in [1.82, 2.24) is 0 Å². The Balaban J connectivity index is 2.86. The van der Waals surface area contributed by atoms with Crippen LogP contribution in [0, 0.1) is 0 Å². The monoisotopic (exact) mass is 174 g/mol. The second kappa shape index (κ2) is 3.35. The van der Waals surface area contributed by atoms with Gasteiger partial charge in [-0.15, -0.1) is 0 Å². The Bertz CT molecular complexity index is 234. The van der Waals surface area contributed by atoms with Crippen LogP contribution in [0.15, 0.2) is 23.5 Å². The summed E-state index contributed by atoms with van der Waals surface area (Å²) >= 11 is 0. The summed E-state index contributed by atoms with van der Waals surface area (Å²) in [6, 6.07) is 0. The van der Waals surface area contributed by atoms with Crippen LogP contribution < -0.4 is 0 Å². The van der Waals surface area contributed by atoms with E-state index in [2.05, 4.69) is 0 Å². The van der Waals surface area contributed by atoms with Gasteiger partial charge in [0.25, 0.3) is 0 Å². The van der Waals surface area contributed by atoms with E-state index in [4.69, 9.17) is 9.05 Å². The van der Waals surface area contributed by atoms with Crippen LogP contribution in [0.4, 0.5) is 0 Å². The van der Waals surface area contributed by atoms with E-state index in [0.29, 0.717) is 5.31 Å². The average Bonchev–Trinajstić information content (AvgIpc) is 2.55. The van der Waals surface area contributed by atoms with Gasteiger partial charge in [0.15, 0.2) is 0 Å². The molecule has 0 unspecified atom stereocenters. The number of hydrogen-bond acceptors (Lipinski definition) is 3. The predicted octanol–water partition coefficient (Wildman–Crippen LogP) is 2.32. The molecule has 11 heavy (non-hydrogen) atoms. The van der Waals surface area contributed by atoms with Gasteiger partial charge < -0.3 is 9.05 Å². The number of rotatable bonds is 3. The molecule has 0 fully saturated rings. The Morgan fingerprint density at radius 1 is 1.45 bits per heavy atom. The minimum Gasteiger partial charge on any atom is -0.309 e. The van der Waals surface area contributed by atoms with Gasteiger partial charge in [-0.3, -0.25) is 4.57 Å². The van der Waals surface area contributed by atoms with Gasteiger partial charge >= 0.3 is 7.60 Å². The summed E-state index contributed by atoms with van der Waals surface area (Å²) in [6.07, 6.45) is 6.34. The molecule has 1 aliphatic rings. The third-order valence-corrected chi connectivity index (χ3v) is 3.47. The standard InChI is InChI=1S/C7H11O3P/c1-9-11(8,10-2)7-5-3-4-6-7/h3,5-6H,4H2,1-2H3. The lowest BCUT2D eigenvalue weighted by Gasteiger charge is -2.12. The molecule has 0 N–H and O–H groups in total. The molecule has 0 atom stereocenters. The first-order valence-corrected chi connectivity index (χ1v) is 4.86. The van der Waals surface area contributed by atoms with Gasteiger partial charge in [-0.1, -0.05) is 18.2 Å². The van der Waals surface area contributed by atoms with Crippen LogP contribution in [-0.2, 0) is 13.6 Å². The van der Waals surface area contributed by atoms with Crippen LogP contribution >= 0.6 is 7.60 Å². The Morgan fingerprint density at radius 2 is 2.09 bits per heavy atom. The van der Waals surface area contributed by atoms with Crippen LogP contribution in [0.1, 0.15) is 6.42 Å². The molecule has 0 saturated carbocycles.